The number of nitrogens with one attached hydrogen (secondary N) is 1. The van der Waals surface area contributed by atoms with Crippen molar-refractivity contribution in [1.29, 1.82) is 0 Å². The molecule has 3 aromatic rings. The van der Waals surface area contributed by atoms with Crippen LogP contribution in [0, 0.1) is 16.8 Å². The molecule has 8 nitrogen and oxygen atoms in total. The first-order chi connectivity index (χ1) is 16.6. The monoisotopic (exact) mass is 491 g/mol. The number of aromatic nitrogens is 3. The largest absolute Gasteiger partial charge is 0.619 e. The van der Waals surface area contributed by atoms with Crippen LogP contribution in [0.3, 0.4) is 0 Å². The molecular formula is C23H21F4N5O3. The fourth-order valence-corrected chi connectivity index (χ4v) is 3.78. The number of hydrogen-bond acceptors (Lipinski definition) is 6. The van der Waals surface area contributed by atoms with Gasteiger partial charge in [0, 0.05) is 37.7 Å². The van der Waals surface area contributed by atoms with Gasteiger partial charge in [0.25, 0.3) is 5.92 Å². The Morgan fingerprint density at radius 2 is 1.97 bits per heavy atom. The van der Waals surface area contributed by atoms with E-state index in [0.717, 1.165) is 30.7 Å². The van der Waals surface area contributed by atoms with Crippen LogP contribution in [0.1, 0.15) is 24.8 Å². The van der Waals surface area contributed by atoms with Gasteiger partial charge in [0.15, 0.2) is 29.8 Å². The summed E-state index contributed by atoms with van der Waals surface area (Å²) >= 11 is 0. The second-order valence-electron chi connectivity index (χ2n) is 8.13. The Labute approximate surface area is 197 Å². The van der Waals surface area contributed by atoms with Gasteiger partial charge in [0.2, 0.25) is 11.8 Å². The molecule has 3 heterocycles. The average Bonchev–Trinajstić information content (AvgIpc) is 2.82. The molecule has 1 fully saturated rings. The van der Waals surface area contributed by atoms with Crippen LogP contribution in [0.4, 0.5) is 23.4 Å². The van der Waals surface area contributed by atoms with Crippen LogP contribution in [-0.4, -0.2) is 45.8 Å². The molecule has 35 heavy (non-hydrogen) atoms. The van der Waals surface area contributed by atoms with Crippen LogP contribution < -0.4 is 14.8 Å². The Bertz CT molecular complexity index is 1190. The molecule has 1 aromatic carbocycles. The maximum Gasteiger partial charge on any atom is 0.257 e. The molecule has 1 amide bonds. The summed E-state index contributed by atoms with van der Waals surface area (Å²) < 4.78 is 61.6. The zero-order chi connectivity index (χ0) is 25.2. The smallest absolute Gasteiger partial charge is 0.257 e. The third kappa shape index (κ3) is 5.65. The Hall–Kier alpha value is -3.80. The zero-order valence-electron chi connectivity index (χ0n) is 18.5. The predicted molar refractivity (Wildman–Crippen MR) is 116 cm³/mol. The van der Waals surface area contributed by atoms with Gasteiger partial charge in [-0.2, -0.15) is 4.73 Å². The van der Waals surface area contributed by atoms with Crippen molar-refractivity contribution in [2.24, 2.45) is 0 Å². The molecule has 12 heteroatoms. The van der Waals surface area contributed by atoms with E-state index in [2.05, 4.69) is 15.3 Å². The topological polar surface area (TPSA) is 94.3 Å². The lowest BCUT2D eigenvalue weighted by atomic mass is 9.87. The summed E-state index contributed by atoms with van der Waals surface area (Å²) in [5, 5.41) is 13.8. The number of carbonyl (C=O) groups is 1. The number of hydrogen-bond donors (Lipinski definition) is 1. The second kappa shape index (κ2) is 9.82. The van der Waals surface area contributed by atoms with Crippen LogP contribution in [0.25, 0.3) is 0 Å². The standard InChI is InChI=1S/C23H21F4N5O3/c1-14(31-9-6-23(26,27)17(13-31)15-4-7-32(34)8-5-15)22(33)30-20-11-29-21(12-28-20)35-19-3-2-16(24)10-18(19)25/h2-5,7-8,10-12,14,17H,6,9,13H2,1H3,(H,28,30,33)/t14?,17-/m1/s1. The molecule has 2 atom stereocenters. The third-order valence-electron chi connectivity index (χ3n) is 5.80. The SMILES string of the molecule is CC(C(=O)Nc1cnc(Oc2ccc(F)cc2F)cn1)N1CCC(F)(F)[C@@H](c2cc[n+]([O-])cc2)C1. The molecule has 4 rings (SSSR count). The molecule has 0 spiro atoms. The number of amides is 1. The Balaban J connectivity index is 1.39. The van der Waals surface area contributed by atoms with E-state index in [1.54, 1.807) is 11.8 Å². The highest BCUT2D eigenvalue weighted by Crippen LogP contribution is 2.40. The van der Waals surface area contributed by atoms with E-state index in [1.807, 2.05) is 0 Å². The van der Waals surface area contributed by atoms with Gasteiger partial charge in [-0.3, -0.25) is 9.69 Å². The summed E-state index contributed by atoms with van der Waals surface area (Å²) in [6, 6.07) is 4.76. The molecule has 0 bridgehead atoms. The highest BCUT2D eigenvalue weighted by molar-refractivity contribution is 5.93. The minimum atomic E-state index is -2.98. The lowest BCUT2D eigenvalue weighted by Crippen LogP contribution is -2.52. The van der Waals surface area contributed by atoms with Crippen molar-refractivity contribution in [3.05, 3.63) is 77.5 Å². The number of likely N-dealkylation sites (tertiary alicyclic amines) is 1. The highest BCUT2D eigenvalue weighted by atomic mass is 19.3. The van der Waals surface area contributed by atoms with Crippen LogP contribution in [0.2, 0.25) is 0 Å². The molecule has 0 saturated carbocycles. The van der Waals surface area contributed by atoms with E-state index in [9.17, 15) is 27.6 Å². The highest BCUT2D eigenvalue weighted by Gasteiger charge is 2.46. The van der Waals surface area contributed by atoms with Crippen LogP contribution in [0.5, 0.6) is 11.6 Å². The molecule has 184 valence electrons. The van der Waals surface area contributed by atoms with E-state index < -0.39 is 41.8 Å². The lowest BCUT2D eigenvalue weighted by Gasteiger charge is -2.40. The number of nitrogens with zero attached hydrogens (tertiary/aromatic N) is 4. The maximum absolute atomic E-state index is 14.6. The maximum atomic E-state index is 14.6. The fraction of sp³-hybridized carbons (Fsp3) is 0.304. The van der Waals surface area contributed by atoms with Crippen molar-refractivity contribution in [2.45, 2.75) is 31.2 Å². The molecule has 2 aromatic heterocycles. The normalized spacial score (nSPS) is 18.6. The van der Waals surface area contributed by atoms with E-state index in [-0.39, 0.29) is 30.5 Å². The lowest BCUT2D eigenvalue weighted by molar-refractivity contribution is -0.605. The van der Waals surface area contributed by atoms with Crippen molar-refractivity contribution >= 4 is 11.7 Å². The molecule has 1 N–H and O–H groups in total. The second-order valence-corrected chi connectivity index (χ2v) is 8.13. The number of halogens is 4. The van der Waals surface area contributed by atoms with Gasteiger partial charge in [-0.25, -0.2) is 27.5 Å². The van der Waals surface area contributed by atoms with Crippen molar-refractivity contribution in [3.63, 3.8) is 0 Å². The minimum Gasteiger partial charge on any atom is -0.619 e. The number of piperidine rings is 1. The van der Waals surface area contributed by atoms with Gasteiger partial charge in [0.05, 0.1) is 24.4 Å². The van der Waals surface area contributed by atoms with Crippen LogP contribution in [0.15, 0.2) is 55.1 Å². The van der Waals surface area contributed by atoms with Crippen molar-refractivity contribution in [1.82, 2.24) is 14.9 Å². The van der Waals surface area contributed by atoms with Gasteiger partial charge in [-0.15, -0.1) is 0 Å². The molecular weight excluding hydrogens is 470 g/mol. The molecule has 0 radical (unpaired) electrons. The molecule has 1 saturated heterocycles. The minimum absolute atomic E-state index is 0.00810. The molecule has 0 aliphatic carbocycles. The first kappa shape index (κ1) is 24.3. The Morgan fingerprint density at radius 1 is 1.23 bits per heavy atom. The quantitative estimate of drug-likeness (QED) is 0.322. The van der Waals surface area contributed by atoms with Crippen LogP contribution in [-0.2, 0) is 4.79 Å². The average molecular weight is 491 g/mol. The summed E-state index contributed by atoms with van der Waals surface area (Å²) in [7, 11) is 0. The summed E-state index contributed by atoms with van der Waals surface area (Å²) in [4.78, 5) is 22.3. The van der Waals surface area contributed by atoms with Gasteiger partial charge in [-0.1, -0.05) is 0 Å². The number of anilines is 1. The number of benzene rings is 1. The van der Waals surface area contributed by atoms with Crippen molar-refractivity contribution < 1.29 is 31.8 Å². The van der Waals surface area contributed by atoms with Crippen molar-refractivity contribution in [2.75, 3.05) is 18.4 Å². The fourth-order valence-electron chi connectivity index (χ4n) is 3.78. The number of alkyl halides is 2. The van der Waals surface area contributed by atoms with Gasteiger partial charge in [0.1, 0.15) is 5.82 Å². The zero-order valence-corrected chi connectivity index (χ0v) is 18.5. The number of rotatable bonds is 6. The molecule has 1 aliphatic rings. The summed E-state index contributed by atoms with van der Waals surface area (Å²) in [6.07, 6.45) is 4.23. The predicted octanol–water partition coefficient (Wildman–Crippen LogP) is 3.63. The van der Waals surface area contributed by atoms with Gasteiger partial charge < -0.3 is 15.3 Å². The molecule has 1 aliphatic heterocycles. The Kier molecular flexibility index (Phi) is 6.83. The van der Waals surface area contributed by atoms with E-state index in [0.29, 0.717) is 16.4 Å². The van der Waals surface area contributed by atoms with Gasteiger partial charge >= 0.3 is 0 Å². The van der Waals surface area contributed by atoms with Crippen LogP contribution >= 0.6 is 0 Å². The number of pyridine rings is 1. The van der Waals surface area contributed by atoms with E-state index >= 15 is 0 Å². The van der Waals surface area contributed by atoms with E-state index in [4.69, 9.17) is 4.74 Å². The third-order valence-corrected chi connectivity index (χ3v) is 5.80. The molecule has 1 unspecified atom stereocenters. The first-order valence-corrected chi connectivity index (χ1v) is 10.7. The number of carbonyl (C=O) groups excluding carboxylic acids is 1. The van der Waals surface area contributed by atoms with E-state index in [1.165, 1.54) is 18.3 Å². The Morgan fingerprint density at radius 3 is 2.63 bits per heavy atom. The summed E-state index contributed by atoms with van der Waals surface area (Å²) in [5.74, 6) is -6.54. The van der Waals surface area contributed by atoms with Crippen molar-refractivity contribution in [3.8, 4) is 11.6 Å². The first-order valence-electron chi connectivity index (χ1n) is 10.7. The van der Waals surface area contributed by atoms with Gasteiger partial charge in [-0.05, 0) is 24.6 Å². The summed E-state index contributed by atoms with van der Waals surface area (Å²) in [5.41, 5.74) is 0.318. The number of ether oxygens (including phenoxy) is 1. The summed E-state index contributed by atoms with van der Waals surface area (Å²) in [6.45, 7) is 1.52.